The van der Waals surface area contributed by atoms with Crippen LogP contribution in [0.2, 0.25) is 0 Å². The number of aromatic nitrogens is 1. The molecule has 1 aliphatic rings. The van der Waals surface area contributed by atoms with Gasteiger partial charge in [0.05, 0.1) is 22.8 Å². The second-order valence-electron chi connectivity index (χ2n) is 4.08. The third-order valence-electron chi connectivity index (χ3n) is 2.65. The third kappa shape index (κ3) is 3.81. The molecular weight excluding hydrogens is 281 g/mol. The number of nitrogens with two attached hydrogens (primary N) is 1. The Morgan fingerprint density at radius 1 is 1.47 bits per heavy atom. The summed E-state index contributed by atoms with van der Waals surface area (Å²) in [6.45, 7) is 4.48. The van der Waals surface area contributed by atoms with E-state index >= 15 is 0 Å². The summed E-state index contributed by atoms with van der Waals surface area (Å²) in [5.41, 5.74) is 6.20. The van der Waals surface area contributed by atoms with E-state index in [9.17, 15) is 4.79 Å². The zero-order valence-electron chi connectivity index (χ0n) is 9.78. The summed E-state index contributed by atoms with van der Waals surface area (Å²) >= 11 is 1.62. The Morgan fingerprint density at radius 2 is 2.06 bits per heavy atom. The first-order chi connectivity index (χ1) is 7.01. The molecule has 0 unspecified atom stereocenters. The molecule has 1 fully saturated rings. The number of aryl methyl sites for hydroxylation is 2. The summed E-state index contributed by atoms with van der Waals surface area (Å²) in [5.74, 6) is -0.0343. The van der Waals surface area contributed by atoms with Crippen LogP contribution in [0, 0.1) is 13.8 Å². The Morgan fingerprint density at radius 3 is 2.47 bits per heavy atom. The molecule has 0 spiro atoms. The molecule has 98 valence electrons. The van der Waals surface area contributed by atoms with Gasteiger partial charge in [0.1, 0.15) is 0 Å². The molecule has 1 saturated carbocycles. The van der Waals surface area contributed by atoms with E-state index in [4.69, 9.17) is 5.73 Å². The highest BCUT2D eigenvalue weighted by molar-refractivity contribution is 7.11. The van der Waals surface area contributed by atoms with Crippen molar-refractivity contribution >= 4 is 42.1 Å². The lowest BCUT2D eigenvalue weighted by molar-refractivity contribution is -0.123. The molecule has 17 heavy (non-hydrogen) atoms. The van der Waals surface area contributed by atoms with Crippen LogP contribution in [0.25, 0.3) is 0 Å². The lowest BCUT2D eigenvalue weighted by Crippen LogP contribution is -2.42. The SMILES string of the molecule is Cc1nc(C)c(CNC(=O)C2(N)CC2)s1.Cl.Cl. The van der Waals surface area contributed by atoms with Crippen molar-refractivity contribution in [2.24, 2.45) is 5.73 Å². The summed E-state index contributed by atoms with van der Waals surface area (Å²) in [4.78, 5) is 17.0. The van der Waals surface area contributed by atoms with Crippen molar-refractivity contribution in [1.82, 2.24) is 10.3 Å². The molecule has 1 aliphatic carbocycles. The van der Waals surface area contributed by atoms with Crippen molar-refractivity contribution in [3.63, 3.8) is 0 Å². The minimum atomic E-state index is -0.576. The maximum Gasteiger partial charge on any atom is 0.240 e. The number of hydrogen-bond donors (Lipinski definition) is 2. The van der Waals surface area contributed by atoms with E-state index in [0.717, 1.165) is 28.4 Å². The van der Waals surface area contributed by atoms with Gasteiger partial charge in [-0.3, -0.25) is 4.79 Å². The van der Waals surface area contributed by atoms with E-state index in [1.165, 1.54) is 0 Å². The van der Waals surface area contributed by atoms with Crippen LogP contribution in [0.3, 0.4) is 0 Å². The van der Waals surface area contributed by atoms with E-state index in [-0.39, 0.29) is 30.7 Å². The molecule has 7 heteroatoms. The van der Waals surface area contributed by atoms with Crippen LogP contribution in [0.15, 0.2) is 0 Å². The van der Waals surface area contributed by atoms with Crippen molar-refractivity contribution in [2.45, 2.75) is 38.8 Å². The molecule has 1 heterocycles. The Balaban J connectivity index is 0.00000128. The molecule has 3 N–H and O–H groups in total. The number of hydrogen-bond acceptors (Lipinski definition) is 4. The Bertz CT molecular complexity index is 404. The van der Waals surface area contributed by atoms with Crippen molar-refractivity contribution in [3.8, 4) is 0 Å². The summed E-state index contributed by atoms with van der Waals surface area (Å²) in [5, 5.41) is 3.90. The molecule has 0 aliphatic heterocycles. The maximum atomic E-state index is 11.6. The highest BCUT2D eigenvalue weighted by atomic mass is 35.5. The summed E-state index contributed by atoms with van der Waals surface area (Å²) in [6.07, 6.45) is 1.61. The highest BCUT2D eigenvalue weighted by Crippen LogP contribution is 2.32. The number of nitrogens with one attached hydrogen (secondary N) is 1. The minimum absolute atomic E-state index is 0. The summed E-state index contributed by atoms with van der Waals surface area (Å²) < 4.78 is 0. The monoisotopic (exact) mass is 297 g/mol. The average Bonchev–Trinajstić information content (AvgIpc) is 2.83. The van der Waals surface area contributed by atoms with Crippen LogP contribution in [0.4, 0.5) is 0 Å². The first-order valence-electron chi connectivity index (χ1n) is 5.01. The van der Waals surface area contributed by atoms with Crippen molar-refractivity contribution in [3.05, 3.63) is 15.6 Å². The highest BCUT2D eigenvalue weighted by Gasteiger charge is 2.45. The number of nitrogens with zero attached hydrogens (tertiary/aromatic N) is 1. The minimum Gasteiger partial charge on any atom is -0.350 e. The van der Waals surface area contributed by atoms with Crippen LogP contribution < -0.4 is 11.1 Å². The average molecular weight is 298 g/mol. The van der Waals surface area contributed by atoms with Crippen LogP contribution in [-0.2, 0) is 11.3 Å². The van der Waals surface area contributed by atoms with E-state index in [1.807, 2.05) is 13.8 Å². The molecule has 0 radical (unpaired) electrons. The predicted octanol–water partition coefficient (Wildman–Crippen LogP) is 1.71. The zero-order valence-corrected chi connectivity index (χ0v) is 12.2. The van der Waals surface area contributed by atoms with Gasteiger partial charge in [-0.05, 0) is 26.7 Å². The van der Waals surface area contributed by atoms with Crippen LogP contribution in [-0.4, -0.2) is 16.4 Å². The van der Waals surface area contributed by atoms with Gasteiger partial charge >= 0.3 is 0 Å². The van der Waals surface area contributed by atoms with Gasteiger partial charge in [0, 0.05) is 4.88 Å². The number of carbonyl (C=O) groups excluding carboxylic acids is 1. The number of thiazole rings is 1. The fourth-order valence-corrected chi connectivity index (χ4v) is 2.31. The topological polar surface area (TPSA) is 68.0 Å². The zero-order chi connectivity index (χ0) is 11.1. The smallest absolute Gasteiger partial charge is 0.240 e. The van der Waals surface area contributed by atoms with Gasteiger partial charge in [-0.1, -0.05) is 0 Å². The summed E-state index contributed by atoms with van der Waals surface area (Å²) in [6, 6.07) is 0. The largest absolute Gasteiger partial charge is 0.350 e. The molecule has 4 nitrogen and oxygen atoms in total. The van der Waals surface area contributed by atoms with Crippen LogP contribution in [0.1, 0.15) is 28.4 Å². The number of carbonyl (C=O) groups is 1. The first-order valence-corrected chi connectivity index (χ1v) is 5.83. The normalized spacial score (nSPS) is 15.5. The van der Waals surface area contributed by atoms with Gasteiger partial charge in [-0.25, -0.2) is 4.98 Å². The van der Waals surface area contributed by atoms with Crippen molar-refractivity contribution in [1.29, 1.82) is 0 Å². The van der Waals surface area contributed by atoms with Gasteiger partial charge in [-0.15, -0.1) is 36.2 Å². The van der Waals surface area contributed by atoms with E-state index in [1.54, 1.807) is 11.3 Å². The molecule has 2 rings (SSSR count). The molecule has 1 aromatic rings. The first kappa shape index (κ1) is 16.6. The molecule has 0 aromatic carbocycles. The van der Waals surface area contributed by atoms with Gasteiger partial charge in [-0.2, -0.15) is 0 Å². The fraction of sp³-hybridized carbons (Fsp3) is 0.600. The second-order valence-corrected chi connectivity index (χ2v) is 5.37. The van der Waals surface area contributed by atoms with Gasteiger partial charge in [0.2, 0.25) is 5.91 Å². The molecule has 0 saturated heterocycles. The maximum absolute atomic E-state index is 11.6. The lowest BCUT2D eigenvalue weighted by atomic mass is 10.2. The van der Waals surface area contributed by atoms with Crippen molar-refractivity contribution in [2.75, 3.05) is 0 Å². The lowest BCUT2D eigenvalue weighted by Gasteiger charge is -2.08. The number of rotatable bonds is 3. The molecule has 0 bridgehead atoms. The van der Waals surface area contributed by atoms with Gasteiger partial charge in [0.15, 0.2) is 0 Å². The van der Waals surface area contributed by atoms with Gasteiger partial charge in [0.25, 0.3) is 0 Å². The molecule has 1 aromatic heterocycles. The van der Waals surface area contributed by atoms with Gasteiger partial charge < -0.3 is 11.1 Å². The predicted molar refractivity (Wildman–Crippen MR) is 74.1 cm³/mol. The Labute approximate surface area is 117 Å². The van der Waals surface area contributed by atoms with Crippen molar-refractivity contribution < 1.29 is 4.79 Å². The van der Waals surface area contributed by atoms with E-state index in [2.05, 4.69) is 10.3 Å². The molecular formula is C10H17Cl2N3OS. The second kappa shape index (κ2) is 6.00. The fourth-order valence-electron chi connectivity index (χ4n) is 1.44. The standard InChI is InChI=1S/C10H15N3OS.2ClH/c1-6-8(15-7(2)13-6)5-12-9(14)10(11)3-4-10;;/h3-5,11H2,1-2H3,(H,12,14);2*1H. The summed E-state index contributed by atoms with van der Waals surface area (Å²) in [7, 11) is 0. The number of amides is 1. The Hall–Kier alpha value is -0.360. The third-order valence-corrected chi connectivity index (χ3v) is 3.72. The quantitative estimate of drug-likeness (QED) is 0.892. The van der Waals surface area contributed by atoms with E-state index in [0.29, 0.717) is 6.54 Å². The molecule has 1 amide bonds. The molecule has 0 atom stereocenters. The van der Waals surface area contributed by atoms with Crippen LogP contribution in [0.5, 0.6) is 0 Å². The number of halogens is 2. The van der Waals surface area contributed by atoms with Crippen LogP contribution >= 0.6 is 36.2 Å². The Kier molecular flexibility index (Phi) is 5.87. The van der Waals surface area contributed by atoms with E-state index < -0.39 is 5.54 Å².